The summed E-state index contributed by atoms with van der Waals surface area (Å²) >= 11 is 0. The number of rotatable bonds is 5. The van der Waals surface area contributed by atoms with Gasteiger partial charge in [-0.25, -0.2) is 0 Å². The van der Waals surface area contributed by atoms with Crippen molar-refractivity contribution in [2.75, 3.05) is 6.61 Å². The fourth-order valence-electron chi connectivity index (χ4n) is 2.85. The largest absolute Gasteiger partial charge is 0.483 e. The van der Waals surface area contributed by atoms with Crippen molar-refractivity contribution in [3.63, 3.8) is 0 Å². The third-order valence-corrected chi connectivity index (χ3v) is 4.56. The summed E-state index contributed by atoms with van der Waals surface area (Å²) in [5.74, 6) is -0.0168. The van der Waals surface area contributed by atoms with Gasteiger partial charge in [0.05, 0.1) is 6.42 Å². The second-order valence-electron chi connectivity index (χ2n) is 9.26. The highest BCUT2D eigenvalue weighted by atomic mass is 16.5. The topological polar surface area (TPSA) is 67.4 Å². The summed E-state index contributed by atoms with van der Waals surface area (Å²) in [6.07, 6.45) is 0.199. The van der Waals surface area contributed by atoms with E-state index in [0.717, 1.165) is 11.1 Å². The van der Waals surface area contributed by atoms with E-state index in [1.807, 2.05) is 42.5 Å². The Morgan fingerprint density at radius 3 is 2.03 bits per heavy atom. The minimum Gasteiger partial charge on any atom is -0.483 e. The summed E-state index contributed by atoms with van der Waals surface area (Å²) < 4.78 is 5.78. The first-order valence-corrected chi connectivity index (χ1v) is 9.86. The molecular formula is C24H32N2O3. The lowest BCUT2D eigenvalue weighted by Crippen LogP contribution is -2.44. The summed E-state index contributed by atoms with van der Waals surface area (Å²) in [5, 5.41) is 0. The zero-order valence-corrected chi connectivity index (χ0v) is 18.3. The van der Waals surface area contributed by atoms with Crippen LogP contribution in [-0.2, 0) is 26.8 Å². The first-order valence-electron chi connectivity index (χ1n) is 9.86. The summed E-state index contributed by atoms with van der Waals surface area (Å²) in [6.45, 7) is 12.7. The van der Waals surface area contributed by atoms with Crippen LogP contribution in [0, 0.1) is 0 Å². The van der Waals surface area contributed by atoms with E-state index in [1.54, 1.807) is 0 Å². The van der Waals surface area contributed by atoms with Gasteiger partial charge in [0, 0.05) is 0 Å². The van der Waals surface area contributed by atoms with Crippen LogP contribution in [0.1, 0.15) is 58.2 Å². The van der Waals surface area contributed by atoms with E-state index in [1.165, 1.54) is 5.56 Å². The predicted octanol–water partition coefficient (Wildman–Crippen LogP) is 4.05. The molecule has 2 N–H and O–H groups in total. The molecule has 0 spiro atoms. The maximum absolute atomic E-state index is 12.1. The highest BCUT2D eigenvalue weighted by molar-refractivity contribution is 5.83. The molecule has 0 radical (unpaired) electrons. The Hall–Kier alpha value is -2.82. The van der Waals surface area contributed by atoms with Crippen molar-refractivity contribution in [1.29, 1.82) is 0 Å². The zero-order valence-electron chi connectivity index (χ0n) is 18.3. The number of hydrogen-bond donors (Lipinski definition) is 2. The maximum atomic E-state index is 12.1. The number of carbonyl (C=O) groups excluding carboxylic acids is 2. The van der Waals surface area contributed by atoms with Gasteiger partial charge in [-0.1, -0.05) is 84.0 Å². The van der Waals surface area contributed by atoms with Gasteiger partial charge in [-0.2, -0.15) is 0 Å². The number of hydrogen-bond acceptors (Lipinski definition) is 3. The Kier molecular flexibility index (Phi) is 7.07. The molecule has 0 saturated carbocycles. The predicted molar refractivity (Wildman–Crippen MR) is 116 cm³/mol. The minimum atomic E-state index is -0.411. The molecule has 5 nitrogen and oxygen atoms in total. The fourth-order valence-corrected chi connectivity index (χ4v) is 2.85. The van der Waals surface area contributed by atoms with Gasteiger partial charge in [0.1, 0.15) is 5.75 Å². The molecule has 2 aromatic rings. The number of hydrazine groups is 1. The van der Waals surface area contributed by atoms with E-state index in [-0.39, 0.29) is 29.8 Å². The molecule has 2 rings (SSSR count). The highest BCUT2D eigenvalue weighted by Gasteiger charge is 2.23. The average Bonchev–Trinajstić information content (AvgIpc) is 2.64. The molecule has 2 aromatic carbocycles. The van der Waals surface area contributed by atoms with Crippen molar-refractivity contribution in [3.05, 3.63) is 65.2 Å². The minimum absolute atomic E-state index is 0.0267. The van der Waals surface area contributed by atoms with Gasteiger partial charge in [-0.3, -0.25) is 20.4 Å². The number of benzene rings is 2. The van der Waals surface area contributed by atoms with Gasteiger partial charge in [0.25, 0.3) is 5.91 Å². The molecule has 0 aliphatic carbocycles. The molecule has 0 bridgehead atoms. The molecule has 29 heavy (non-hydrogen) atoms. The van der Waals surface area contributed by atoms with Crippen LogP contribution in [-0.4, -0.2) is 18.4 Å². The van der Waals surface area contributed by atoms with Gasteiger partial charge in [-0.05, 0) is 33.6 Å². The maximum Gasteiger partial charge on any atom is 0.276 e. The summed E-state index contributed by atoms with van der Waals surface area (Å²) in [4.78, 5) is 24.1. The molecule has 0 fully saturated rings. The van der Waals surface area contributed by atoms with Crippen molar-refractivity contribution in [1.82, 2.24) is 10.9 Å². The van der Waals surface area contributed by atoms with Gasteiger partial charge in [0.15, 0.2) is 6.61 Å². The van der Waals surface area contributed by atoms with E-state index < -0.39 is 5.91 Å². The van der Waals surface area contributed by atoms with E-state index >= 15 is 0 Å². The molecule has 2 amide bonds. The van der Waals surface area contributed by atoms with Crippen LogP contribution in [0.5, 0.6) is 5.75 Å². The summed E-state index contributed by atoms with van der Waals surface area (Å²) in [6, 6.07) is 15.4. The Bertz CT molecular complexity index is 847. The summed E-state index contributed by atoms with van der Waals surface area (Å²) in [5.41, 5.74) is 7.87. The molecule has 0 aliphatic heterocycles. The van der Waals surface area contributed by atoms with E-state index in [0.29, 0.717) is 5.75 Å². The van der Waals surface area contributed by atoms with Crippen LogP contribution in [0.25, 0.3) is 0 Å². The molecule has 0 aromatic heterocycles. The molecule has 0 unspecified atom stereocenters. The van der Waals surface area contributed by atoms with Crippen LogP contribution in [0.15, 0.2) is 48.5 Å². The van der Waals surface area contributed by atoms with Crippen LogP contribution >= 0.6 is 0 Å². The normalized spacial score (nSPS) is 11.7. The zero-order chi connectivity index (χ0) is 21.7. The molecular weight excluding hydrogens is 364 g/mol. The van der Waals surface area contributed by atoms with Gasteiger partial charge in [0.2, 0.25) is 5.91 Å². The van der Waals surface area contributed by atoms with E-state index in [2.05, 4.69) is 58.5 Å². The smallest absolute Gasteiger partial charge is 0.276 e. The van der Waals surface area contributed by atoms with E-state index in [4.69, 9.17) is 4.74 Å². The van der Waals surface area contributed by atoms with E-state index in [9.17, 15) is 9.59 Å². The van der Waals surface area contributed by atoms with Gasteiger partial charge >= 0.3 is 0 Å². The molecule has 0 atom stereocenters. The van der Waals surface area contributed by atoms with Crippen LogP contribution < -0.4 is 15.6 Å². The monoisotopic (exact) mass is 396 g/mol. The lowest BCUT2D eigenvalue weighted by atomic mass is 9.80. The second kappa shape index (κ2) is 9.12. The molecule has 0 saturated heterocycles. The van der Waals surface area contributed by atoms with Gasteiger partial charge in [-0.15, -0.1) is 0 Å². The number of nitrogens with one attached hydrogen (secondary N) is 2. The Balaban J connectivity index is 1.94. The second-order valence-corrected chi connectivity index (χ2v) is 9.26. The lowest BCUT2D eigenvalue weighted by molar-refractivity contribution is -0.129. The average molecular weight is 397 g/mol. The van der Waals surface area contributed by atoms with Crippen LogP contribution in [0.4, 0.5) is 0 Å². The number of amides is 2. The molecule has 0 heterocycles. The fraction of sp³-hybridized carbons (Fsp3) is 0.417. The van der Waals surface area contributed by atoms with Gasteiger partial charge < -0.3 is 4.74 Å². The van der Waals surface area contributed by atoms with Crippen molar-refractivity contribution in [2.24, 2.45) is 0 Å². The third-order valence-electron chi connectivity index (χ3n) is 4.56. The number of ether oxygens (including phenoxy) is 1. The lowest BCUT2D eigenvalue weighted by Gasteiger charge is -2.27. The van der Waals surface area contributed by atoms with Crippen molar-refractivity contribution >= 4 is 11.8 Å². The van der Waals surface area contributed by atoms with Crippen LogP contribution in [0.3, 0.4) is 0 Å². The number of carbonyl (C=O) groups is 2. The molecule has 0 aliphatic rings. The third kappa shape index (κ3) is 6.93. The molecule has 5 heteroatoms. The van der Waals surface area contributed by atoms with Crippen molar-refractivity contribution in [2.45, 2.75) is 58.8 Å². The molecule has 156 valence electrons. The Labute approximate surface area is 173 Å². The summed E-state index contributed by atoms with van der Waals surface area (Å²) in [7, 11) is 0. The Morgan fingerprint density at radius 2 is 1.45 bits per heavy atom. The SMILES string of the molecule is CC(C)(C)c1ccc(OCC(=O)NNC(=O)Cc2ccccc2)c(C(C)(C)C)c1. The highest BCUT2D eigenvalue weighted by Crippen LogP contribution is 2.35. The first-order chi connectivity index (χ1) is 13.5. The quantitative estimate of drug-likeness (QED) is 0.749. The van der Waals surface area contributed by atoms with Crippen molar-refractivity contribution < 1.29 is 14.3 Å². The Morgan fingerprint density at radius 1 is 0.828 bits per heavy atom. The first kappa shape index (κ1) is 22.5. The standard InChI is InChI=1S/C24H32N2O3/c1-23(2,3)18-12-13-20(19(15-18)24(4,5)6)29-16-22(28)26-25-21(27)14-17-10-8-7-9-11-17/h7-13,15H,14,16H2,1-6H3,(H,25,27)(H,26,28). The van der Waals surface area contributed by atoms with Crippen LogP contribution in [0.2, 0.25) is 0 Å². The van der Waals surface area contributed by atoms with Crippen molar-refractivity contribution in [3.8, 4) is 5.75 Å².